The van der Waals surface area contributed by atoms with Gasteiger partial charge in [-0.05, 0) is 12.0 Å². The molecule has 98 valence electrons. The number of halogens is 1. The lowest BCUT2D eigenvalue weighted by Gasteiger charge is -2.09. The van der Waals surface area contributed by atoms with E-state index in [9.17, 15) is 4.79 Å². The SMILES string of the molecule is C=CCNC(=O)c1cnc2c(CC)cccc2c1Cl. The number of rotatable bonds is 4. The fraction of sp³-hybridized carbons (Fsp3) is 0.200. The number of nitrogens with one attached hydrogen (secondary N) is 1. The number of carbonyl (C=O) groups is 1. The van der Waals surface area contributed by atoms with Crippen molar-refractivity contribution in [3.63, 3.8) is 0 Å². The van der Waals surface area contributed by atoms with Crippen molar-refractivity contribution in [2.75, 3.05) is 6.54 Å². The first kappa shape index (κ1) is 13.6. The van der Waals surface area contributed by atoms with Crippen molar-refractivity contribution in [2.45, 2.75) is 13.3 Å². The number of pyridine rings is 1. The predicted molar refractivity (Wildman–Crippen MR) is 78.7 cm³/mol. The Hall–Kier alpha value is -1.87. The smallest absolute Gasteiger partial charge is 0.254 e. The van der Waals surface area contributed by atoms with Gasteiger partial charge < -0.3 is 5.32 Å². The highest BCUT2D eigenvalue weighted by Crippen LogP contribution is 2.27. The summed E-state index contributed by atoms with van der Waals surface area (Å²) in [5.41, 5.74) is 2.37. The first-order chi connectivity index (χ1) is 9.19. The zero-order valence-corrected chi connectivity index (χ0v) is 11.5. The third-order valence-corrected chi connectivity index (χ3v) is 3.35. The van der Waals surface area contributed by atoms with Gasteiger partial charge in [-0.3, -0.25) is 9.78 Å². The van der Waals surface area contributed by atoms with Crippen LogP contribution in [0.4, 0.5) is 0 Å². The summed E-state index contributed by atoms with van der Waals surface area (Å²) in [7, 11) is 0. The standard InChI is InChI=1S/C15H15ClN2O/c1-3-8-17-15(19)12-9-18-14-10(4-2)6-5-7-11(14)13(12)16/h3,5-7,9H,1,4,8H2,2H3,(H,17,19). The van der Waals surface area contributed by atoms with Crippen molar-refractivity contribution >= 4 is 28.4 Å². The van der Waals surface area contributed by atoms with Crippen molar-refractivity contribution in [3.05, 3.63) is 53.2 Å². The molecule has 2 aromatic rings. The second kappa shape index (κ2) is 5.85. The van der Waals surface area contributed by atoms with Gasteiger partial charge in [0.2, 0.25) is 0 Å². The van der Waals surface area contributed by atoms with Gasteiger partial charge in [-0.2, -0.15) is 0 Å². The summed E-state index contributed by atoms with van der Waals surface area (Å²) in [6.07, 6.45) is 4.03. The average Bonchev–Trinajstić information content (AvgIpc) is 2.44. The summed E-state index contributed by atoms with van der Waals surface area (Å²) in [6.45, 7) is 6.03. The van der Waals surface area contributed by atoms with E-state index in [-0.39, 0.29) is 5.91 Å². The van der Waals surface area contributed by atoms with E-state index in [1.165, 1.54) is 6.20 Å². The lowest BCUT2D eigenvalue weighted by Crippen LogP contribution is -2.23. The quantitative estimate of drug-likeness (QED) is 0.869. The molecule has 2 rings (SSSR count). The lowest BCUT2D eigenvalue weighted by molar-refractivity contribution is 0.0958. The second-order valence-corrected chi connectivity index (χ2v) is 4.53. The summed E-state index contributed by atoms with van der Waals surface area (Å²) in [5.74, 6) is -0.235. The minimum absolute atomic E-state index is 0.235. The Balaban J connectivity index is 2.52. The number of para-hydroxylation sites is 1. The minimum atomic E-state index is -0.235. The molecule has 1 aromatic carbocycles. The van der Waals surface area contributed by atoms with Gasteiger partial charge in [-0.25, -0.2) is 0 Å². The van der Waals surface area contributed by atoms with Gasteiger partial charge in [0.25, 0.3) is 5.91 Å². The normalized spacial score (nSPS) is 10.4. The van der Waals surface area contributed by atoms with E-state index in [0.29, 0.717) is 17.1 Å². The van der Waals surface area contributed by atoms with Crippen LogP contribution in [-0.4, -0.2) is 17.4 Å². The number of fused-ring (bicyclic) bond motifs is 1. The molecule has 3 nitrogen and oxygen atoms in total. The molecule has 0 fully saturated rings. The Morgan fingerprint density at radius 2 is 2.32 bits per heavy atom. The number of aryl methyl sites for hydroxylation is 1. The Morgan fingerprint density at radius 3 is 3.00 bits per heavy atom. The topological polar surface area (TPSA) is 42.0 Å². The maximum absolute atomic E-state index is 11.9. The number of hydrogen-bond acceptors (Lipinski definition) is 2. The molecule has 1 N–H and O–H groups in total. The number of aromatic nitrogens is 1. The molecule has 0 aliphatic rings. The number of hydrogen-bond donors (Lipinski definition) is 1. The Bertz CT molecular complexity index is 637. The number of nitrogens with zero attached hydrogens (tertiary/aromatic N) is 1. The maximum atomic E-state index is 11.9. The minimum Gasteiger partial charge on any atom is -0.348 e. The highest BCUT2D eigenvalue weighted by molar-refractivity contribution is 6.38. The second-order valence-electron chi connectivity index (χ2n) is 4.15. The average molecular weight is 275 g/mol. The highest BCUT2D eigenvalue weighted by Gasteiger charge is 2.14. The van der Waals surface area contributed by atoms with E-state index < -0.39 is 0 Å². The van der Waals surface area contributed by atoms with Crippen LogP contribution < -0.4 is 5.32 Å². The molecule has 0 radical (unpaired) electrons. The Morgan fingerprint density at radius 1 is 1.53 bits per heavy atom. The van der Waals surface area contributed by atoms with Crippen molar-refractivity contribution in [3.8, 4) is 0 Å². The molecule has 0 bridgehead atoms. The van der Waals surface area contributed by atoms with Crippen LogP contribution in [0.25, 0.3) is 10.9 Å². The first-order valence-electron chi connectivity index (χ1n) is 6.14. The van der Waals surface area contributed by atoms with Crippen LogP contribution in [0.3, 0.4) is 0 Å². The molecule has 1 aromatic heterocycles. The Kier molecular flexibility index (Phi) is 4.17. The third kappa shape index (κ3) is 2.61. The fourth-order valence-electron chi connectivity index (χ4n) is 1.96. The van der Waals surface area contributed by atoms with Gasteiger partial charge in [0.1, 0.15) is 0 Å². The van der Waals surface area contributed by atoms with Gasteiger partial charge in [0.15, 0.2) is 0 Å². The summed E-state index contributed by atoms with van der Waals surface area (Å²) in [4.78, 5) is 16.3. The summed E-state index contributed by atoms with van der Waals surface area (Å²) in [5, 5.41) is 3.96. The molecular weight excluding hydrogens is 260 g/mol. The summed E-state index contributed by atoms with van der Waals surface area (Å²) < 4.78 is 0. The van der Waals surface area contributed by atoms with Gasteiger partial charge in [-0.15, -0.1) is 6.58 Å². The first-order valence-corrected chi connectivity index (χ1v) is 6.52. The van der Waals surface area contributed by atoms with Gasteiger partial charge in [0.05, 0.1) is 16.1 Å². The maximum Gasteiger partial charge on any atom is 0.254 e. The molecule has 0 spiro atoms. The van der Waals surface area contributed by atoms with Crippen LogP contribution in [-0.2, 0) is 6.42 Å². The van der Waals surface area contributed by atoms with Crippen molar-refractivity contribution in [2.24, 2.45) is 0 Å². The molecule has 0 saturated heterocycles. The monoisotopic (exact) mass is 274 g/mol. The molecule has 0 aliphatic carbocycles. The fourth-order valence-corrected chi connectivity index (χ4v) is 2.24. The van der Waals surface area contributed by atoms with E-state index in [0.717, 1.165) is 22.9 Å². The van der Waals surface area contributed by atoms with Gasteiger partial charge >= 0.3 is 0 Å². The van der Waals surface area contributed by atoms with E-state index in [1.54, 1.807) is 6.08 Å². The van der Waals surface area contributed by atoms with Gasteiger partial charge in [0, 0.05) is 18.1 Å². The van der Waals surface area contributed by atoms with Crippen molar-refractivity contribution < 1.29 is 4.79 Å². The number of amides is 1. The van der Waals surface area contributed by atoms with Crippen LogP contribution in [0.15, 0.2) is 37.1 Å². The molecule has 0 atom stereocenters. The van der Waals surface area contributed by atoms with Crippen LogP contribution in [0.5, 0.6) is 0 Å². The molecule has 0 unspecified atom stereocenters. The molecule has 1 amide bonds. The van der Waals surface area contributed by atoms with Crippen LogP contribution in [0, 0.1) is 0 Å². The van der Waals surface area contributed by atoms with Crippen LogP contribution in [0.1, 0.15) is 22.8 Å². The molecule has 4 heteroatoms. The van der Waals surface area contributed by atoms with Crippen molar-refractivity contribution in [1.29, 1.82) is 0 Å². The van der Waals surface area contributed by atoms with Crippen molar-refractivity contribution in [1.82, 2.24) is 10.3 Å². The zero-order chi connectivity index (χ0) is 13.8. The summed E-state index contributed by atoms with van der Waals surface area (Å²) >= 11 is 6.32. The highest BCUT2D eigenvalue weighted by atomic mass is 35.5. The van der Waals surface area contributed by atoms with E-state index in [1.807, 2.05) is 18.2 Å². The molecule has 19 heavy (non-hydrogen) atoms. The lowest BCUT2D eigenvalue weighted by atomic mass is 10.1. The van der Waals surface area contributed by atoms with Crippen LogP contribution in [0.2, 0.25) is 5.02 Å². The molecular formula is C15H15ClN2O. The van der Waals surface area contributed by atoms with E-state index in [2.05, 4.69) is 23.8 Å². The molecule has 1 heterocycles. The molecule has 0 aliphatic heterocycles. The largest absolute Gasteiger partial charge is 0.348 e. The Labute approximate surface area is 117 Å². The van der Waals surface area contributed by atoms with Gasteiger partial charge in [-0.1, -0.05) is 42.8 Å². The van der Waals surface area contributed by atoms with E-state index in [4.69, 9.17) is 11.6 Å². The number of benzene rings is 1. The van der Waals surface area contributed by atoms with E-state index >= 15 is 0 Å². The van der Waals surface area contributed by atoms with Crippen LogP contribution >= 0.6 is 11.6 Å². The molecule has 0 saturated carbocycles. The predicted octanol–water partition coefficient (Wildman–Crippen LogP) is 3.37. The summed E-state index contributed by atoms with van der Waals surface area (Å²) in [6, 6.07) is 5.83. The zero-order valence-electron chi connectivity index (χ0n) is 10.7. The third-order valence-electron chi connectivity index (χ3n) is 2.95. The number of carbonyl (C=O) groups excluding carboxylic acids is 1.